The average Bonchev–Trinajstić information content (AvgIpc) is 3.42. The fourth-order valence-corrected chi connectivity index (χ4v) is 3.02. The Balaban J connectivity index is 1.34. The van der Waals surface area contributed by atoms with Crippen molar-refractivity contribution in [3.05, 3.63) is 56.8 Å². The minimum absolute atomic E-state index is 0.144. The van der Waals surface area contributed by atoms with E-state index in [2.05, 4.69) is 35.5 Å². The number of hydrogen-bond donors (Lipinski definition) is 4. The summed E-state index contributed by atoms with van der Waals surface area (Å²) in [6, 6.07) is 7.32. The molecular weight excluding hydrogens is 404 g/mol. The Morgan fingerprint density at radius 3 is 2.65 bits per heavy atom. The third kappa shape index (κ3) is 4.22. The number of imidazole rings is 1. The van der Waals surface area contributed by atoms with Crippen LogP contribution in [0.3, 0.4) is 0 Å². The van der Waals surface area contributed by atoms with Gasteiger partial charge in [0.25, 0.3) is 5.56 Å². The highest BCUT2D eigenvalue weighted by Gasteiger charge is 2.12. The van der Waals surface area contributed by atoms with Gasteiger partial charge in [0, 0.05) is 25.5 Å². The molecule has 0 aliphatic rings. The van der Waals surface area contributed by atoms with Crippen molar-refractivity contribution in [2.75, 3.05) is 7.11 Å². The number of carbonyl (C=O) groups excluding carboxylic acids is 1. The molecule has 0 saturated carbocycles. The first-order valence-electron chi connectivity index (χ1n) is 9.45. The number of carbonyl (C=O) groups is 1. The van der Waals surface area contributed by atoms with Crippen LogP contribution in [-0.4, -0.2) is 47.7 Å². The van der Waals surface area contributed by atoms with Gasteiger partial charge >= 0.3 is 5.69 Å². The summed E-state index contributed by atoms with van der Waals surface area (Å²) in [5.41, 5.74) is 0.180. The summed E-state index contributed by atoms with van der Waals surface area (Å²) in [4.78, 5) is 49.4. The van der Waals surface area contributed by atoms with E-state index in [9.17, 15) is 14.4 Å². The number of aromatic nitrogens is 7. The Morgan fingerprint density at radius 2 is 1.90 bits per heavy atom. The second kappa shape index (κ2) is 8.26. The lowest BCUT2D eigenvalue weighted by atomic mass is 10.2. The number of aryl methyl sites for hydroxylation is 2. The molecule has 3 heterocycles. The van der Waals surface area contributed by atoms with Gasteiger partial charge in [-0.25, -0.2) is 14.8 Å². The van der Waals surface area contributed by atoms with Crippen LogP contribution in [-0.2, 0) is 24.8 Å². The van der Waals surface area contributed by atoms with E-state index in [1.54, 1.807) is 7.11 Å². The van der Waals surface area contributed by atoms with Crippen molar-refractivity contribution < 1.29 is 9.53 Å². The van der Waals surface area contributed by atoms with Gasteiger partial charge in [-0.1, -0.05) is 0 Å². The summed E-state index contributed by atoms with van der Waals surface area (Å²) in [6.45, 7) is 0.191. The molecule has 0 bridgehead atoms. The Bertz CT molecular complexity index is 1350. The number of rotatable bonds is 7. The molecular formula is C19H20N8O4. The van der Waals surface area contributed by atoms with Gasteiger partial charge in [-0.2, -0.15) is 5.10 Å². The molecule has 0 aliphatic heterocycles. The van der Waals surface area contributed by atoms with Gasteiger partial charge < -0.3 is 15.0 Å². The van der Waals surface area contributed by atoms with E-state index in [1.165, 1.54) is 11.6 Å². The van der Waals surface area contributed by atoms with Crippen LogP contribution < -0.4 is 21.3 Å². The Hall–Kier alpha value is -4.22. The molecule has 0 spiro atoms. The predicted octanol–water partition coefficient (Wildman–Crippen LogP) is -0.00740. The maximum Gasteiger partial charge on any atom is 0.329 e. The fourth-order valence-electron chi connectivity index (χ4n) is 3.02. The largest absolute Gasteiger partial charge is 0.497 e. The van der Waals surface area contributed by atoms with Crippen molar-refractivity contribution in [1.82, 2.24) is 40.0 Å². The van der Waals surface area contributed by atoms with Crippen LogP contribution in [0.5, 0.6) is 5.75 Å². The normalized spacial score (nSPS) is 11.0. The number of ether oxygens (including phenoxy) is 1. The first-order chi connectivity index (χ1) is 14.9. The van der Waals surface area contributed by atoms with Crippen LogP contribution in [0, 0.1) is 0 Å². The molecule has 31 heavy (non-hydrogen) atoms. The molecule has 12 nitrogen and oxygen atoms in total. The van der Waals surface area contributed by atoms with E-state index < -0.39 is 11.2 Å². The van der Waals surface area contributed by atoms with Crippen molar-refractivity contribution in [1.29, 1.82) is 0 Å². The number of aromatic amines is 3. The lowest BCUT2D eigenvalue weighted by Gasteiger charge is -2.01. The third-order valence-corrected chi connectivity index (χ3v) is 4.73. The molecule has 12 heteroatoms. The molecule has 1 aromatic carbocycles. The van der Waals surface area contributed by atoms with Gasteiger partial charge in [0.1, 0.15) is 22.9 Å². The molecule has 1 amide bonds. The number of nitrogens with zero attached hydrogens (tertiary/aromatic N) is 4. The van der Waals surface area contributed by atoms with Gasteiger partial charge in [0.15, 0.2) is 11.5 Å². The summed E-state index contributed by atoms with van der Waals surface area (Å²) in [6.07, 6.45) is 0.423. The zero-order valence-corrected chi connectivity index (χ0v) is 16.9. The van der Waals surface area contributed by atoms with Gasteiger partial charge in [-0.15, -0.1) is 0 Å². The quantitative estimate of drug-likeness (QED) is 0.324. The molecule has 4 aromatic rings. The molecule has 160 valence electrons. The van der Waals surface area contributed by atoms with Crippen molar-refractivity contribution in [2.24, 2.45) is 7.05 Å². The van der Waals surface area contributed by atoms with E-state index in [1.807, 2.05) is 24.3 Å². The van der Waals surface area contributed by atoms with Crippen LogP contribution in [0.15, 0.2) is 33.9 Å². The van der Waals surface area contributed by atoms with Crippen LogP contribution >= 0.6 is 0 Å². The van der Waals surface area contributed by atoms with Crippen molar-refractivity contribution >= 4 is 17.1 Å². The van der Waals surface area contributed by atoms with Crippen LogP contribution in [0.1, 0.15) is 18.1 Å². The number of fused-ring (bicyclic) bond motifs is 1. The molecule has 0 atom stereocenters. The number of hydrogen-bond acceptors (Lipinski definition) is 7. The van der Waals surface area contributed by atoms with Crippen molar-refractivity contribution in [3.8, 4) is 17.1 Å². The molecule has 0 radical (unpaired) electrons. The van der Waals surface area contributed by atoms with Crippen LogP contribution in [0.4, 0.5) is 0 Å². The molecule has 4 rings (SSSR count). The van der Waals surface area contributed by atoms with E-state index >= 15 is 0 Å². The van der Waals surface area contributed by atoms with Crippen LogP contribution in [0.25, 0.3) is 22.6 Å². The van der Waals surface area contributed by atoms with E-state index in [0.29, 0.717) is 17.5 Å². The van der Waals surface area contributed by atoms with Gasteiger partial charge in [-0.05, 0) is 24.3 Å². The second-order valence-corrected chi connectivity index (χ2v) is 6.81. The first kappa shape index (κ1) is 20.1. The zero-order chi connectivity index (χ0) is 22.0. The number of methoxy groups -OCH3 is 1. The zero-order valence-electron chi connectivity index (χ0n) is 16.9. The lowest BCUT2D eigenvalue weighted by Crippen LogP contribution is -2.28. The minimum atomic E-state index is -0.547. The number of benzene rings is 1. The molecule has 0 aliphatic carbocycles. The molecule has 0 unspecified atom stereocenters. The topological polar surface area (TPSA) is 163 Å². The maximum atomic E-state index is 12.2. The maximum absolute atomic E-state index is 12.2. The lowest BCUT2D eigenvalue weighted by molar-refractivity contribution is -0.121. The molecule has 0 fully saturated rings. The number of H-pyrrole nitrogens is 3. The molecule has 3 aromatic heterocycles. The van der Waals surface area contributed by atoms with Gasteiger partial charge in [0.2, 0.25) is 5.91 Å². The Kier molecular flexibility index (Phi) is 5.35. The SMILES string of the molecule is COc1ccc(-c2n[nH]c(CNC(=O)CCc3nc4c([nH]3)c(=O)[nH]c(=O)n4C)n2)cc1. The standard InChI is InChI=1S/C19H20N8O4/c1-27-17-15(18(29)24-19(27)30)21-12(23-17)7-8-14(28)20-9-13-22-16(26-25-13)10-3-5-11(31-2)6-4-10/h3-6H,7-9H2,1-2H3,(H,20,28)(H,21,23)(H,22,25,26)(H,24,29,30). The van der Waals surface area contributed by atoms with Gasteiger partial charge in [0.05, 0.1) is 13.7 Å². The summed E-state index contributed by atoms with van der Waals surface area (Å²) < 4.78 is 6.37. The fraction of sp³-hybridized carbons (Fsp3) is 0.263. The smallest absolute Gasteiger partial charge is 0.329 e. The van der Waals surface area contributed by atoms with E-state index in [4.69, 9.17) is 4.74 Å². The third-order valence-electron chi connectivity index (χ3n) is 4.73. The monoisotopic (exact) mass is 424 g/mol. The average molecular weight is 424 g/mol. The van der Waals surface area contributed by atoms with E-state index in [0.717, 1.165) is 11.3 Å². The first-order valence-corrected chi connectivity index (χ1v) is 9.45. The van der Waals surface area contributed by atoms with Crippen molar-refractivity contribution in [2.45, 2.75) is 19.4 Å². The Morgan fingerprint density at radius 1 is 1.13 bits per heavy atom. The number of nitrogens with one attached hydrogen (secondary N) is 4. The summed E-state index contributed by atoms with van der Waals surface area (Å²) >= 11 is 0. The predicted molar refractivity (Wildman–Crippen MR) is 110 cm³/mol. The van der Waals surface area contributed by atoms with Gasteiger partial charge in [-0.3, -0.25) is 24.2 Å². The number of amides is 1. The van der Waals surface area contributed by atoms with Crippen LogP contribution in [0.2, 0.25) is 0 Å². The highest BCUT2D eigenvalue weighted by atomic mass is 16.5. The second-order valence-electron chi connectivity index (χ2n) is 6.81. The molecule has 4 N–H and O–H groups in total. The highest BCUT2D eigenvalue weighted by Crippen LogP contribution is 2.18. The molecule has 0 saturated heterocycles. The summed E-state index contributed by atoms with van der Waals surface area (Å²) in [5, 5.41) is 9.72. The minimum Gasteiger partial charge on any atom is -0.497 e. The van der Waals surface area contributed by atoms with Crippen molar-refractivity contribution in [3.63, 3.8) is 0 Å². The Labute approximate surface area is 174 Å². The van der Waals surface area contributed by atoms with E-state index in [-0.39, 0.29) is 36.5 Å². The summed E-state index contributed by atoms with van der Waals surface area (Å²) in [7, 11) is 3.11. The summed E-state index contributed by atoms with van der Waals surface area (Å²) in [5.74, 6) is 2.00. The highest BCUT2D eigenvalue weighted by molar-refractivity contribution is 5.76.